The van der Waals surface area contributed by atoms with E-state index in [1.807, 2.05) is 42.5 Å². The number of hydrogen-bond acceptors (Lipinski definition) is 0. The number of halogens is 4. The Morgan fingerprint density at radius 3 is 1.11 bits per heavy atom. The van der Waals surface area contributed by atoms with Gasteiger partial charge in [0.05, 0.1) is 0 Å². The molecule has 0 amide bonds. The molecule has 0 aliphatic carbocycles. The summed E-state index contributed by atoms with van der Waals surface area (Å²) >= 11 is 0. The van der Waals surface area contributed by atoms with E-state index in [0.29, 0.717) is 0 Å². The van der Waals surface area contributed by atoms with E-state index in [1.54, 1.807) is 0 Å². The molecule has 0 aromatic heterocycles. The van der Waals surface area contributed by atoms with Crippen LogP contribution in [-0.2, 0) is 31.3 Å². The fourth-order valence-corrected chi connectivity index (χ4v) is 0.449. The van der Waals surface area contributed by atoms with E-state index in [-0.39, 0.29) is 17.4 Å². The van der Waals surface area contributed by atoms with Gasteiger partial charge in [0.25, 0.3) is 0 Å². The first-order chi connectivity index (χ1) is 8.50. The van der Waals surface area contributed by atoms with Crippen molar-refractivity contribution in [3.05, 3.63) is 62.4 Å². The van der Waals surface area contributed by atoms with Crippen molar-refractivity contribution in [2.45, 2.75) is 0 Å². The van der Waals surface area contributed by atoms with Crippen molar-refractivity contribution in [3.8, 4) is 0 Å². The van der Waals surface area contributed by atoms with Crippen LogP contribution in [0.2, 0.25) is 0 Å². The summed E-state index contributed by atoms with van der Waals surface area (Å²) < 4.78 is 61.5. The average molecular weight is 314 g/mol. The van der Waals surface area contributed by atoms with Gasteiger partial charge in [-0.25, -0.2) is 0 Å². The molecule has 1 aromatic rings. The van der Waals surface area contributed by atoms with Crippen LogP contribution < -0.4 is 0 Å². The maximum absolute atomic E-state index is 9.75. The minimum atomic E-state index is -6.00. The summed E-state index contributed by atoms with van der Waals surface area (Å²) in [7, 11) is -6.00. The average Bonchev–Trinajstić information content (AvgIpc) is 2.67. The minimum Gasteiger partial charge on any atom is 0 e. The summed E-state index contributed by atoms with van der Waals surface area (Å²) in [6, 6.07) is 14.0. The van der Waals surface area contributed by atoms with Crippen LogP contribution in [-0.4, -0.2) is 7.25 Å². The SMILES string of the molecule is F[B-](F)(F)F.[C-]#[O+].[C-]#[O+].[C-]#[O+].[Cr].c1ccc[cH+]cc1. The van der Waals surface area contributed by atoms with Crippen molar-refractivity contribution in [1.29, 1.82) is 0 Å². The van der Waals surface area contributed by atoms with E-state index in [4.69, 9.17) is 14.0 Å². The normalized spacial score (nSPS) is 6.42. The Kier molecular flexibility index (Phi) is 48.3. The molecule has 102 valence electrons. The molecule has 1 rings (SSSR count). The minimum absolute atomic E-state index is 0. The van der Waals surface area contributed by atoms with Gasteiger partial charge in [-0.3, -0.25) is 0 Å². The van der Waals surface area contributed by atoms with Crippen molar-refractivity contribution >= 4 is 7.25 Å². The van der Waals surface area contributed by atoms with Gasteiger partial charge in [0.2, 0.25) is 0 Å². The summed E-state index contributed by atoms with van der Waals surface area (Å²) in [5.74, 6) is 0. The third-order valence-corrected chi connectivity index (χ3v) is 0.778. The van der Waals surface area contributed by atoms with Gasteiger partial charge in [0.1, 0.15) is 0 Å². The molecule has 0 spiro atoms. The van der Waals surface area contributed by atoms with Crippen LogP contribution in [0.1, 0.15) is 0 Å². The molecule has 0 atom stereocenters. The molecule has 0 saturated carbocycles. The molecule has 3 nitrogen and oxygen atoms in total. The Balaban J connectivity index is -0.0000000488. The fraction of sp³-hybridized carbons (Fsp3) is 0. The Morgan fingerprint density at radius 2 is 0.895 bits per heavy atom. The van der Waals surface area contributed by atoms with Crippen LogP contribution in [0, 0.1) is 20.0 Å². The molecule has 0 bridgehead atoms. The standard InChI is InChI=1S/C7H7.3CO.BF4.Cr/c1-2-4-6-7-5-3-1;3*1-2;2-1(3,4)5;/h1-7H;;;;;/q+1;;;;-1;. The van der Waals surface area contributed by atoms with Crippen LogP contribution >= 0.6 is 0 Å². The summed E-state index contributed by atoms with van der Waals surface area (Å²) in [6.07, 6.45) is 0. The Bertz CT molecular complexity index is 262. The first-order valence-corrected chi connectivity index (χ1v) is 3.82. The van der Waals surface area contributed by atoms with Gasteiger partial charge < -0.3 is 17.3 Å². The van der Waals surface area contributed by atoms with Gasteiger partial charge in [-0.15, -0.1) is 0 Å². The van der Waals surface area contributed by atoms with Crippen LogP contribution in [0.4, 0.5) is 17.3 Å². The molecule has 0 N–H and O–H groups in total. The molecule has 0 fully saturated rings. The molecule has 0 aliphatic heterocycles. The summed E-state index contributed by atoms with van der Waals surface area (Å²) in [5, 5.41) is 0. The van der Waals surface area contributed by atoms with Crippen molar-refractivity contribution < 1.29 is 48.6 Å². The van der Waals surface area contributed by atoms with Crippen molar-refractivity contribution in [2.24, 2.45) is 0 Å². The van der Waals surface area contributed by atoms with Gasteiger partial charge in [0, 0.05) is 59.8 Å². The summed E-state index contributed by atoms with van der Waals surface area (Å²) in [4.78, 5) is 0. The van der Waals surface area contributed by atoms with Gasteiger partial charge >= 0.3 is 41.2 Å². The van der Waals surface area contributed by atoms with E-state index in [2.05, 4.69) is 20.0 Å². The number of rotatable bonds is 0. The smallest absolute Gasteiger partial charge is 0 e. The van der Waals surface area contributed by atoms with Gasteiger partial charge in [-0.2, -0.15) is 0 Å². The molecule has 0 unspecified atom stereocenters. The molecule has 0 heterocycles. The maximum Gasteiger partial charge on any atom is 0.0467 e. The topological polar surface area (TPSA) is 59.7 Å². The molecule has 9 heteroatoms. The molecule has 1 aromatic carbocycles. The third kappa shape index (κ3) is 112. The zero-order valence-corrected chi connectivity index (χ0v) is 10.5. The molecular formula is C10H7BCrF4O3. The van der Waals surface area contributed by atoms with Crippen LogP contribution in [0.3, 0.4) is 0 Å². The predicted octanol–water partition coefficient (Wildman–Crippen LogP) is 3.15. The molecule has 0 radical (unpaired) electrons. The Labute approximate surface area is 119 Å². The van der Waals surface area contributed by atoms with Crippen LogP contribution in [0.25, 0.3) is 0 Å². The summed E-state index contributed by atoms with van der Waals surface area (Å²) in [6.45, 7) is 13.5. The molecular weight excluding hydrogens is 307 g/mol. The quantitative estimate of drug-likeness (QED) is 0.306. The van der Waals surface area contributed by atoms with E-state index < -0.39 is 7.25 Å². The third-order valence-electron chi connectivity index (χ3n) is 0.778. The predicted molar refractivity (Wildman–Crippen MR) is 52.8 cm³/mol. The number of hydrogen-bond donors (Lipinski definition) is 0. The second-order valence-electron chi connectivity index (χ2n) is 1.84. The molecule has 19 heavy (non-hydrogen) atoms. The maximum atomic E-state index is 9.75. The van der Waals surface area contributed by atoms with Crippen LogP contribution in [0.15, 0.2) is 42.5 Å². The first kappa shape index (κ1) is 30.6. The second-order valence-corrected chi connectivity index (χ2v) is 1.84. The second kappa shape index (κ2) is 30.0. The Morgan fingerprint density at radius 1 is 0.684 bits per heavy atom. The van der Waals surface area contributed by atoms with Gasteiger partial charge in [-0.05, 0) is 0 Å². The van der Waals surface area contributed by atoms with Crippen LogP contribution in [0.5, 0.6) is 0 Å². The van der Waals surface area contributed by atoms with Crippen molar-refractivity contribution in [3.63, 3.8) is 0 Å². The fourth-order valence-electron chi connectivity index (χ4n) is 0.449. The zero-order valence-electron chi connectivity index (χ0n) is 9.26. The molecule has 0 aliphatic rings. The van der Waals surface area contributed by atoms with E-state index in [9.17, 15) is 17.3 Å². The molecule has 0 saturated heterocycles. The Hall–Kier alpha value is -1.37. The van der Waals surface area contributed by atoms with Gasteiger partial charge in [0.15, 0.2) is 0 Å². The van der Waals surface area contributed by atoms with E-state index in [1.165, 1.54) is 0 Å². The monoisotopic (exact) mass is 314 g/mol. The summed E-state index contributed by atoms with van der Waals surface area (Å²) in [5.41, 5.74) is 0. The van der Waals surface area contributed by atoms with E-state index >= 15 is 0 Å². The van der Waals surface area contributed by atoms with E-state index in [0.717, 1.165) is 0 Å². The zero-order chi connectivity index (χ0) is 15.4. The van der Waals surface area contributed by atoms with Gasteiger partial charge in [-0.1, -0.05) is 0 Å². The van der Waals surface area contributed by atoms with Crippen molar-refractivity contribution in [1.82, 2.24) is 0 Å². The van der Waals surface area contributed by atoms with Crippen molar-refractivity contribution in [2.75, 3.05) is 0 Å². The largest absolute Gasteiger partial charge is 0.0467 e. The first-order valence-electron chi connectivity index (χ1n) is 3.82.